The first-order valence-corrected chi connectivity index (χ1v) is 14.0. The van der Waals surface area contributed by atoms with Gasteiger partial charge in [0.25, 0.3) is 0 Å². The van der Waals surface area contributed by atoms with Gasteiger partial charge in [-0.3, -0.25) is 4.57 Å². The van der Waals surface area contributed by atoms with Crippen molar-refractivity contribution in [3.8, 4) is 11.5 Å². The normalized spacial score (nSPS) is 12.1. The van der Waals surface area contributed by atoms with Crippen LogP contribution in [-0.2, 0) is 0 Å². The van der Waals surface area contributed by atoms with Gasteiger partial charge >= 0.3 is 0 Å². The number of fused-ring (bicyclic) bond motifs is 9. The predicted octanol–water partition coefficient (Wildman–Crippen LogP) is 9.64. The number of rotatable bonds is 2. The first-order valence-electron chi connectivity index (χ1n) is 13.2. The van der Waals surface area contributed by atoms with Crippen molar-refractivity contribution in [2.75, 3.05) is 0 Å². The number of benzene rings is 5. The summed E-state index contributed by atoms with van der Waals surface area (Å²) in [5.41, 5.74) is 6.02. The molecule has 182 valence electrons. The molecule has 4 heteroatoms. The van der Waals surface area contributed by atoms with Crippen LogP contribution in [0.3, 0.4) is 0 Å². The molecule has 0 spiro atoms. The fraction of sp³-hybridized carbons (Fsp3) is 0. The maximum atomic E-state index is 5.00. The van der Waals surface area contributed by atoms with Crippen LogP contribution in [0.2, 0.25) is 0 Å². The molecular weight excluding hydrogens is 494 g/mol. The van der Waals surface area contributed by atoms with Crippen LogP contribution in [0.25, 0.3) is 75.3 Å². The number of hydrogen-bond donors (Lipinski definition) is 0. The van der Waals surface area contributed by atoms with Crippen LogP contribution in [0.1, 0.15) is 0 Å². The average molecular weight is 516 g/mol. The van der Waals surface area contributed by atoms with E-state index in [-0.39, 0.29) is 0 Å². The van der Waals surface area contributed by atoms with Crippen molar-refractivity contribution in [2.45, 2.75) is 0 Å². The number of para-hydroxylation sites is 4. The van der Waals surface area contributed by atoms with E-state index in [1.54, 1.807) is 0 Å². The molecule has 0 atom stereocenters. The standard InChI is InChI=1S/C35H21N3S/c1-5-15-28-22(10-1)23-11-2-6-16-29(23)37(28)32-19-9-14-26-27-20-21-36-35(34(27)39-33(26)32)38-30-17-7-3-12-24(30)25-13-4-8-18-31(25)38/h1-21H. The van der Waals surface area contributed by atoms with E-state index in [0.717, 1.165) is 5.82 Å². The van der Waals surface area contributed by atoms with Gasteiger partial charge in [-0.05, 0) is 36.4 Å². The van der Waals surface area contributed by atoms with Gasteiger partial charge in [-0.2, -0.15) is 0 Å². The summed E-state index contributed by atoms with van der Waals surface area (Å²) in [5.74, 6) is 0.985. The minimum absolute atomic E-state index is 0.985. The highest BCUT2D eigenvalue weighted by molar-refractivity contribution is 7.26. The predicted molar refractivity (Wildman–Crippen MR) is 166 cm³/mol. The Hall–Kier alpha value is -4.93. The molecule has 0 fully saturated rings. The summed E-state index contributed by atoms with van der Waals surface area (Å²) in [6, 6.07) is 43.6. The summed E-state index contributed by atoms with van der Waals surface area (Å²) < 4.78 is 7.24. The van der Waals surface area contributed by atoms with Crippen molar-refractivity contribution in [1.82, 2.24) is 14.1 Å². The lowest BCUT2D eigenvalue weighted by molar-refractivity contribution is 1.11. The number of nitrogens with zero attached hydrogens (tertiary/aromatic N) is 3. The van der Waals surface area contributed by atoms with E-state index < -0.39 is 0 Å². The second-order valence-electron chi connectivity index (χ2n) is 10.0. The second kappa shape index (κ2) is 7.79. The summed E-state index contributed by atoms with van der Waals surface area (Å²) in [4.78, 5) is 5.00. The van der Waals surface area contributed by atoms with Crippen LogP contribution in [-0.4, -0.2) is 14.1 Å². The Morgan fingerprint density at radius 3 is 1.44 bits per heavy atom. The first kappa shape index (κ1) is 21.1. The molecule has 0 aliphatic rings. The molecule has 0 saturated heterocycles. The molecule has 0 saturated carbocycles. The van der Waals surface area contributed by atoms with E-state index in [1.165, 1.54) is 69.5 Å². The van der Waals surface area contributed by atoms with Gasteiger partial charge in [-0.1, -0.05) is 84.9 Å². The summed E-state index contributed by atoms with van der Waals surface area (Å²) in [6.45, 7) is 0. The average Bonchev–Trinajstić information content (AvgIpc) is 3.65. The van der Waals surface area contributed by atoms with Crippen LogP contribution < -0.4 is 0 Å². The van der Waals surface area contributed by atoms with Crippen molar-refractivity contribution < 1.29 is 0 Å². The lowest BCUT2D eigenvalue weighted by Crippen LogP contribution is -1.96. The second-order valence-corrected chi connectivity index (χ2v) is 11.0. The van der Waals surface area contributed by atoms with Gasteiger partial charge in [0.2, 0.25) is 0 Å². The SMILES string of the molecule is c1cc(-n2c3ccccc3c3ccccc32)c2sc3c(-n4c5ccccc5c5ccccc54)nccc3c2c1. The van der Waals surface area contributed by atoms with Crippen LogP contribution in [0.5, 0.6) is 0 Å². The summed E-state index contributed by atoms with van der Waals surface area (Å²) in [7, 11) is 0. The molecule has 39 heavy (non-hydrogen) atoms. The minimum Gasteiger partial charge on any atom is -0.308 e. The van der Waals surface area contributed by atoms with Crippen LogP contribution in [0, 0.1) is 0 Å². The molecule has 5 aromatic carbocycles. The summed E-state index contributed by atoms with van der Waals surface area (Å²) in [6.07, 6.45) is 1.96. The monoisotopic (exact) mass is 515 g/mol. The first-order chi connectivity index (χ1) is 19.4. The third-order valence-electron chi connectivity index (χ3n) is 7.99. The molecule has 4 heterocycles. The Bertz CT molecular complexity index is 2130. The van der Waals surface area contributed by atoms with Gasteiger partial charge in [0, 0.05) is 38.5 Å². The van der Waals surface area contributed by atoms with Crippen molar-refractivity contribution in [1.29, 1.82) is 0 Å². The highest BCUT2D eigenvalue weighted by Gasteiger charge is 2.20. The van der Waals surface area contributed by atoms with Crippen LogP contribution >= 0.6 is 11.3 Å². The molecule has 0 unspecified atom stereocenters. The summed E-state index contributed by atoms with van der Waals surface area (Å²) >= 11 is 1.84. The van der Waals surface area contributed by atoms with E-state index in [9.17, 15) is 0 Å². The third kappa shape index (κ3) is 2.78. The molecule has 3 nitrogen and oxygen atoms in total. The highest BCUT2D eigenvalue weighted by atomic mass is 32.1. The van der Waals surface area contributed by atoms with E-state index >= 15 is 0 Å². The van der Waals surface area contributed by atoms with E-state index in [0.29, 0.717) is 0 Å². The molecule has 0 aliphatic carbocycles. The van der Waals surface area contributed by atoms with E-state index in [1.807, 2.05) is 17.5 Å². The molecular formula is C35H21N3S. The van der Waals surface area contributed by atoms with Crippen molar-refractivity contribution in [3.63, 3.8) is 0 Å². The Kier molecular flexibility index (Phi) is 4.21. The lowest BCUT2D eigenvalue weighted by atomic mass is 10.1. The van der Waals surface area contributed by atoms with Crippen molar-refractivity contribution in [3.05, 3.63) is 128 Å². The molecule has 9 aromatic rings. The van der Waals surface area contributed by atoms with Gasteiger partial charge in [-0.15, -0.1) is 11.3 Å². The molecule has 0 aliphatic heterocycles. The zero-order valence-corrected chi connectivity index (χ0v) is 21.7. The third-order valence-corrected chi connectivity index (χ3v) is 9.23. The quantitative estimate of drug-likeness (QED) is 0.225. The van der Waals surface area contributed by atoms with Crippen LogP contribution in [0.15, 0.2) is 128 Å². The minimum atomic E-state index is 0.985. The Labute approximate surface area is 227 Å². The molecule has 0 bridgehead atoms. The van der Waals surface area contributed by atoms with Gasteiger partial charge in [0.15, 0.2) is 5.82 Å². The van der Waals surface area contributed by atoms with E-state index in [2.05, 4.69) is 130 Å². The molecule has 0 N–H and O–H groups in total. The molecule has 9 rings (SSSR count). The Morgan fingerprint density at radius 2 is 0.872 bits per heavy atom. The largest absolute Gasteiger partial charge is 0.308 e. The highest BCUT2D eigenvalue weighted by Crippen LogP contribution is 2.43. The fourth-order valence-corrected chi connectivity index (χ4v) is 7.64. The fourth-order valence-electron chi connectivity index (χ4n) is 6.36. The van der Waals surface area contributed by atoms with Gasteiger partial charge in [0.05, 0.1) is 37.2 Å². The Balaban J connectivity index is 1.41. The maximum absolute atomic E-state index is 5.00. The number of aromatic nitrogens is 3. The van der Waals surface area contributed by atoms with Gasteiger partial charge in [0.1, 0.15) is 0 Å². The topological polar surface area (TPSA) is 22.8 Å². The molecule has 0 amide bonds. The Morgan fingerprint density at radius 1 is 0.410 bits per heavy atom. The molecule has 4 aromatic heterocycles. The number of thiophene rings is 1. The number of hydrogen-bond acceptors (Lipinski definition) is 2. The smallest absolute Gasteiger partial charge is 0.155 e. The van der Waals surface area contributed by atoms with Gasteiger partial charge < -0.3 is 4.57 Å². The van der Waals surface area contributed by atoms with Gasteiger partial charge in [-0.25, -0.2) is 4.98 Å². The number of pyridine rings is 1. The summed E-state index contributed by atoms with van der Waals surface area (Å²) in [5, 5.41) is 7.55. The molecule has 0 radical (unpaired) electrons. The van der Waals surface area contributed by atoms with Crippen molar-refractivity contribution >= 4 is 75.1 Å². The zero-order chi connectivity index (χ0) is 25.5. The lowest BCUT2D eigenvalue weighted by Gasteiger charge is -2.09. The zero-order valence-electron chi connectivity index (χ0n) is 20.9. The van der Waals surface area contributed by atoms with Crippen molar-refractivity contribution in [2.24, 2.45) is 0 Å². The van der Waals surface area contributed by atoms with Crippen LogP contribution in [0.4, 0.5) is 0 Å². The van der Waals surface area contributed by atoms with E-state index in [4.69, 9.17) is 4.98 Å². The maximum Gasteiger partial charge on any atom is 0.155 e.